The van der Waals surface area contributed by atoms with Crippen LogP contribution >= 0.6 is 11.3 Å². The van der Waals surface area contributed by atoms with Crippen molar-refractivity contribution < 1.29 is 9.59 Å². The van der Waals surface area contributed by atoms with Gasteiger partial charge in [-0.15, -0.1) is 11.3 Å². The van der Waals surface area contributed by atoms with Crippen LogP contribution in [0, 0.1) is 19.8 Å². The minimum Gasteiger partial charge on any atom is -0.346 e. The lowest BCUT2D eigenvalue weighted by Crippen LogP contribution is -2.47. The molecule has 0 bridgehead atoms. The van der Waals surface area contributed by atoms with Gasteiger partial charge in [0.1, 0.15) is 0 Å². The molecule has 0 aliphatic heterocycles. The average molecular weight is 326 g/mol. The standard InChI is InChI=1S/C15H26N4O2S/c1-8(2)13(16)15(21)17-7-12(20)19(6)10(4)14-9(3)18-11(5)22-14/h8,10,13H,7,16H2,1-6H3,(H,17,21)/t10?,13-/m0/s1. The lowest BCUT2D eigenvalue weighted by molar-refractivity contribution is -0.133. The van der Waals surface area contributed by atoms with Gasteiger partial charge in [0, 0.05) is 11.9 Å². The molecule has 1 aromatic rings. The fourth-order valence-electron chi connectivity index (χ4n) is 2.03. The first-order valence-electron chi connectivity index (χ1n) is 7.38. The van der Waals surface area contributed by atoms with Crippen molar-refractivity contribution in [3.05, 3.63) is 15.6 Å². The van der Waals surface area contributed by atoms with Crippen molar-refractivity contribution in [2.24, 2.45) is 11.7 Å². The SMILES string of the molecule is Cc1nc(C)c(C(C)N(C)C(=O)CNC(=O)[C@@H](N)C(C)C)s1. The van der Waals surface area contributed by atoms with Crippen molar-refractivity contribution in [3.8, 4) is 0 Å². The molecule has 0 saturated carbocycles. The van der Waals surface area contributed by atoms with Crippen LogP contribution in [0.1, 0.15) is 42.4 Å². The Morgan fingerprint density at radius 2 is 1.91 bits per heavy atom. The van der Waals surface area contributed by atoms with E-state index in [1.165, 1.54) is 0 Å². The summed E-state index contributed by atoms with van der Waals surface area (Å²) in [5.41, 5.74) is 6.70. The molecule has 22 heavy (non-hydrogen) atoms. The quantitative estimate of drug-likeness (QED) is 0.826. The topological polar surface area (TPSA) is 88.3 Å². The molecule has 1 aromatic heterocycles. The van der Waals surface area contributed by atoms with Gasteiger partial charge in [-0.1, -0.05) is 13.8 Å². The highest BCUT2D eigenvalue weighted by Gasteiger charge is 2.23. The van der Waals surface area contributed by atoms with Gasteiger partial charge in [0.25, 0.3) is 0 Å². The second-order valence-corrected chi connectivity index (χ2v) is 7.09. The molecule has 0 aromatic carbocycles. The van der Waals surface area contributed by atoms with Crippen LogP contribution < -0.4 is 11.1 Å². The molecule has 0 aliphatic rings. The van der Waals surface area contributed by atoms with Gasteiger partial charge in [-0.25, -0.2) is 4.98 Å². The van der Waals surface area contributed by atoms with Gasteiger partial charge in [0.2, 0.25) is 11.8 Å². The summed E-state index contributed by atoms with van der Waals surface area (Å²) in [6.07, 6.45) is 0. The third kappa shape index (κ3) is 4.51. The van der Waals surface area contributed by atoms with Crippen LogP contribution in [0.5, 0.6) is 0 Å². The number of thiazole rings is 1. The Hall–Kier alpha value is -1.47. The smallest absolute Gasteiger partial charge is 0.242 e. The van der Waals surface area contributed by atoms with E-state index in [-0.39, 0.29) is 30.3 Å². The van der Waals surface area contributed by atoms with Crippen molar-refractivity contribution in [1.82, 2.24) is 15.2 Å². The Kier molecular flexibility index (Phi) is 6.49. The molecule has 2 amide bonds. The van der Waals surface area contributed by atoms with Crippen molar-refractivity contribution in [2.75, 3.05) is 13.6 Å². The number of carbonyl (C=O) groups excluding carboxylic acids is 2. The predicted octanol–water partition coefficient (Wildman–Crippen LogP) is 1.38. The third-order valence-electron chi connectivity index (χ3n) is 3.73. The van der Waals surface area contributed by atoms with Crippen LogP contribution in [0.4, 0.5) is 0 Å². The zero-order valence-corrected chi connectivity index (χ0v) is 15.0. The number of likely N-dealkylation sites (N-methyl/N-ethyl adjacent to an activating group) is 1. The Morgan fingerprint density at radius 3 is 2.36 bits per heavy atom. The van der Waals surface area contributed by atoms with Crippen LogP contribution in [0.15, 0.2) is 0 Å². The van der Waals surface area contributed by atoms with Crippen LogP contribution in [-0.2, 0) is 9.59 Å². The number of rotatable bonds is 6. The summed E-state index contributed by atoms with van der Waals surface area (Å²) in [5, 5.41) is 3.59. The molecule has 0 fully saturated rings. The number of carbonyl (C=O) groups is 2. The molecule has 0 radical (unpaired) electrons. The number of amides is 2. The first-order chi connectivity index (χ1) is 10.1. The number of nitrogens with one attached hydrogen (secondary N) is 1. The summed E-state index contributed by atoms with van der Waals surface area (Å²) in [7, 11) is 1.73. The van der Waals surface area contributed by atoms with E-state index >= 15 is 0 Å². The fraction of sp³-hybridized carbons (Fsp3) is 0.667. The monoisotopic (exact) mass is 326 g/mol. The van der Waals surface area contributed by atoms with E-state index in [0.29, 0.717) is 0 Å². The van der Waals surface area contributed by atoms with E-state index in [1.54, 1.807) is 23.3 Å². The zero-order chi connectivity index (χ0) is 17.0. The number of nitrogens with zero attached hydrogens (tertiary/aromatic N) is 2. The average Bonchev–Trinajstić information content (AvgIpc) is 2.80. The van der Waals surface area contributed by atoms with E-state index in [2.05, 4.69) is 10.3 Å². The van der Waals surface area contributed by atoms with E-state index in [9.17, 15) is 9.59 Å². The number of hydrogen-bond acceptors (Lipinski definition) is 5. The van der Waals surface area contributed by atoms with Gasteiger partial charge >= 0.3 is 0 Å². The van der Waals surface area contributed by atoms with Crippen molar-refractivity contribution in [2.45, 2.75) is 46.7 Å². The van der Waals surface area contributed by atoms with Crippen molar-refractivity contribution in [1.29, 1.82) is 0 Å². The maximum atomic E-state index is 12.2. The molecule has 7 heteroatoms. The molecule has 1 rings (SSSR count). The summed E-state index contributed by atoms with van der Waals surface area (Å²) in [4.78, 5) is 31.1. The summed E-state index contributed by atoms with van der Waals surface area (Å²) in [6, 6.07) is -0.670. The number of aryl methyl sites for hydroxylation is 2. The second-order valence-electron chi connectivity index (χ2n) is 5.85. The van der Waals surface area contributed by atoms with Crippen LogP contribution in [-0.4, -0.2) is 41.3 Å². The Balaban J connectivity index is 2.62. The second kappa shape index (κ2) is 7.69. The molecule has 1 unspecified atom stereocenters. The van der Waals surface area contributed by atoms with Crippen LogP contribution in [0.3, 0.4) is 0 Å². The normalized spacial score (nSPS) is 13.8. The van der Waals surface area contributed by atoms with Crippen LogP contribution in [0.2, 0.25) is 0 Å². The van der Waals surface area contributed by atoms with Gasteiger partial charge in [0.15, 0.2) is 0 Å². The van der Waals surface area contributed by atoms with Gasteiger partial charge in [-0.05, 0) is 26.7 Å². The van der Waals surface area contributed by atoms with Gasteiger partial charge in [0.05, 0.1) is 29.3 Å². The molecule has 6 nitrogen and oxygen atoms in total. The van der Waals surface area contributed by atoms with Gasteiger partial charge in [-0.3, -0.25) is 9.59 Å². The molecule has 3 N–H and O–H groups in total. The Labute approximate surface area is 136 Å². The number of nitrogens with two attached hydrogens (primary N) is 1. The fourth-order valence-corrected chi connectivity index (χ4v) is 3.06. The first kappa shape index (κ1) is 18.6. The highest BCUT2D eigenvalue weighted by Crippen LogP contribution is 2.28. The zero-order valence-electron chi connectivity index (χ0n) is 14.1. The Bertz CT molecular complexity index is 542. The van der Waals surface area contributed by atoms with E-state index in [0.717, 1.165) is 15.6 Å². The van der Waals surface area contributed by atoms with E-state index in [1.807, 2.05) is 34.6 Å². The third-order valence-corrected chi connectivity index (χ3v) is 4.97. The predicted molar refractivity (Wildman–Crippen MR) is 88.6 cm³/mol. The Morgan fingerprint density at radius 1 is 1.32 bits per heavy atom. The maximum absolute atomic E-state index is 12.2. The molecule has 0 aliphatic carbocycles. The van der Waals surface area contributed by atoms with E-state index < -0.39 is 6.04 Å². The molecular weight excluding hydrogens is 300 g/mol. The molecule has 0 spiro atoms. The largest absolute Gasteiger partial charge is 0.346 e. The number of aromatic nitrogens is 1. The van der Waals surface area contributed by atoms with E-state index in [4.69, 9.17) is 5.73 Å². The summed E-state index contributed by atoms with van der Waals surface area (Å²) in [5.74, 6) is -0.411. The number of hydrogen-bond donors (Lipinski definition) is 2. The summed E-state index contributed by atoms with van der Waals surface area (Å²) < 4.78 is 0. The molecule has 2 atom stereocenters. The van der Waals surface area contributed by atoms with Gasteiger partial charge in [-0.2, -0.15) is 0 Å². The highest BCUT2D eigenvalue weighted by molar-refractivity contribution is 7.11. The summed E-state index contributed by atoms with van der Waals surface area (Å²) >= 11 is 1.59. The minimum absolute atomic E-state index is 0.0366. The maximum Gasteiger partial charge on any atom is 0.242 e. The molecular formula is C15H26N4O2S. The van der Waals surface area contributed by atoms with Crippen LogP contribution in [0.25, 0.3) is 0 Å². The van der Waals surface area contributed by atoms with Crippen molar-refractivity contribution in [3.63, 3.8) is 0 Å². The lowest BCUT2D eigenvalue weighted by Gasteiger charge is -2.25. The first-order valence-corrected chi connectivity index (χ1v) is 8.19. The molecule has 0 saturated heterocycles. The highest BCUT2D eigenvalue weighted by atomic mass is 32.1. The van der Waals surface area contributed by atoms with Gasteiger partial charge < -0.3 is 16.0 Å². The molecule has 1 heterocycles. The lowest BCUT2D eigenvalue weighted by atomic mass is 10.1. The van der Waals surface area contributed by atoms with Crippen molar-refractivity contribution >= 4 is 23.2 Å². The summed E-state index contributed by atoms with van der Waals surface area (Å²) in [6.45, 7) is 9.54. The molecule has 124 valence electrons. The minimum atomic E-state index is -0.595.